The lowest BCUT2D eigenvalue weighted by molar-refractivity contribution is -0.479. The summed E-state index contributed by atoms with van der Waals surface area (Å²) in [6.45, 7) is 3.65. The van der Waals surface area contributed by atoms with E-state index in [-0.39, 0.29) is 11.5 Å². The summed E-state index contributed by atoms with van der Waals surface area (Å²) in [5.74, 6) is 1.40. The van der Waals surface area contributed by atoms with Crippen LogP contribution in [0.2, 0.25) is 0 Å². The average molecular weight is 463 g/mol. The van der Waals surface area contributed by atoms with Crippen molar-refractivity contribution in [2.45, 2.75) is 24.3 Å². The Hall–Kier alpha value is -2.39. The second-order valence-corrected chi connectivity index (χ2v) is 8.24. The maximum absolute atomic E-state index is 11.3. The molecular formula is C19H19BrN4O3S. The summed E-state index contributed by atoms with van der Waals surface area (Å²) in [6, 6.07) is 13.5. The summed E-state index contributed by atoms with van der Waals surface area (Å²) < 4.78 is 7.92. The molecule has 0 unspecified atom stereocenters. The fourth-order valence-electron chi connectivity index (χ4n) is 2.84. The third kappa shape index (κ3) is 4.53. The van der Waals surface area contributed by atoms with Crippen molar-refractivity contribution >= 4 is 27.7 Å². The van der Waals surface area contributed by atoms with Crippen LogP contribution in [0.15, 0.2) is 52.1 Å². The molecule has 3 rings (SSSR count). The molecule has 1 aromatic heterocycles. The molecule has 1 heterocycles. The van der Waals surface area contributed by atoms with Gasteiger partial charge in [0, 0.05) is 10.6 Å². The van der Waals surface area contributed by atoms with Gasteiger partial charge in [0.1, 0.15) is 16.8 Å². The molecule has 0 amide bonds. The van der Waals surface area contributed by atoms with Crippen molar-refractivity contribution < 1.29 is 9.66 Å². The van der Waals surface area contributed by atoms with Crippen LogP contribution >= 0.6 is 27.7 Å². The van der Waals surface area contributed by atoms with Crippen molar-refractivity contribution in [3.63, 3.8) is 0 Å². The number of aromatic nitrogens is 3. The quantitative estimate of drug-likeness (QED) is 0.285. The van der Waals surface area contributed by atoms with Crippen LogP contribution < -0.4 is 4.74 Å². The first-order chi connectivity index (χ1) is 13.4. The van der Waals surface area contributed by atoms with E-state index in [1.807, 2.05) is 54.8 Å². The summed E-state index contributed by atoms with van der Waals surface area (Å²) >= 11 is 4.78. The predicted molar refractivity (Wildman–Crippen MR) is 112 cm³/mol. The zero-order valence-corrected chi connectivity index (χ0v) is 18.0. The van der Waals surface area contributed by atoms with Crippen LogP contribution in [0.25, 0.3) is 5.69 Å². The standard InChI is InChI=1S/C19H19BrN4O3S/c1-12-5-4-6-15(9-12)24-13(2)21-22-19(24)28-18(11-23(25)26)14-7-8-17(27-3)16(20)10-14/h4-10,18H,11H2,1-3H3/t18-/m1/s1. The third-order valence-electron chi connectivity index (χ3n) is 4.17. The molecule has 146 valence electrons. The van der Waals surface area contributed by atoms with Crippen molar-refractivity contribution in [3.05, 3.63) is 74.0 Å². The van der Waals surface area contributed by atoms with Gasteiger partial charge in [0.15, 0.2) is 5.16 Å². The largest absolute Gasteiger partial charge is 0.496 e. The van der Waals surface area contributed by atoms with Gasteiger partial charge in [-0.1, -0.05) is 30.0 Å². The van der Waals surface area contributed by atoms with Crippen molar-refractivity contribution in [2.24, 2.45) is 0 Å². The highest BCUT2D eigenvalue weighted by atomic mass is 79.9. The number of thioether (sulfide) groups is 1. The highest BCUT2D eigenvalue weighted by molar-refractivity contribution is 9.10. The number of halogens is 1. The minimum atomic E-state index is -0.427. The van der Waals surface area contributed by atoms with Gasteiger partial charge in [-0.05, 0) is 65.2 Å². The Morgan fingerprint density at radius 1 is 1.25 bits per heavy atom. The summed E-state index contributed by atoms with van der Waals surface area (Å²) in [7, 11) is 1.58. The molecule has 0 fully saturated rings. The minimum absolute atomic E-state index is 0.233. The van der Waals surface area contributed by atoms with E-state index in [1.54, 1.807) is 13.2 Å². The second-order valence-electron chi connectivity index (χ2n) is 6.22. The molecule has 0 N–H and O–H groups in total. The van der Waals surface area contributed by atoms with Gasteiger partial charge in [-0.25, -0.2) is 0 Å². The van der Waals surface area contributed by atoms with Crippen LogP contribution in [-0.2, 0) is 0 Å². The minimum Gasteiger partial charge on any atom is -0.496 e. The van der Waals surface area contributed by atoms with Crippen LogP contribution in [0.3, 0.4) is 0 Å². The number of nitro groups is 1. The van der Waals surface area contributed by atoms with Crippen molar-refractivity contribution in [3.8, 4) is 11.4 Å². The number of hydrogen-bond donors (Lipinski definition) is 0. The second kappa shape index (κ2) is 8.74. The first-order valence-corrected chi connectivity index (χ1v) is 10.2. The van der Waals surface area contributed by atoms with Gasteiger partial charge in [0.25, 0.3) is 0 Å². The maximum atomic E-state index is 11.3. The third-order valence-corrected chi connectivity index (χ3v) is 5.97. The summed E-state index contributed by atoms with van der Waals surface area (Å²) in [4.78, 5) is 11.0. The lowest BCUT2D eigenvalue weighted by Gasteiger charge is -2.15. The van der Waals surface area contributed by atoms with E-state index >= 15 is 0 Å². The van der Waals surface area contributed by atoms with Gasteiger partial charge in [0.05, 0.1) is 11.6 Å². The molecule has 1 atom stereocenters. The molecule has 7 nitrogen and oxygen atoms in total. The van der Waals surface area contributed by atoms with Gasteiger partial charge < -0.3 is 4.74 Å². The number of methoxy groups -OCH3 is 1. The van der Waals surface area contributed by atoms with E-state index in [1.165, 1.54) is 11.8 Å². The fraction of sp³-hybridized carbons (Fsp3) is 0.263. The SMILES string of the molecule is COc1ccc([C@@H](C[N+](=O)[O-])Sc2nnc(C)n2-c2cccc(C)c2)cc1Br. The van der Waals surface area contributed by atoms with Crippen LogP contribution in [0.1, 0.15) is 22.2 Å². The molecule has 0 saturated carbocycles. The van der Waals surface area contributed by atoms with Crippen LogP contribution in [0, 0.1) is 24.0 Å². The molecule has 0 aliphatic carbocycles. The highest BCUT2D eigenvalue weighted by Gasteiger charge is 2.24. The van der Waals surface area contributed by atoms with Gasteiger partial charge in [0.2, 0.25) is 6.54 Å². The molecule has 9 heteroatoms. The Morgan fingerprint density at radius 2 is 2.04 bits per heavy atom. The van der Waals surface area contributed by atoms with Crippen LogP contribution in [0.4, 0.5) is 0 Å². The first-order valence-electron chi connectivity index (χ1n) is 8.50. The Morgan fingerprint density at radius 3 is 2.68 bits per heavy atom. The van der Waals surface area contributed by atoms with Gasteiger partial charge in [-0.2, -0.15) is 0 Å². The molecule has 0 aliphatic rings. The normalized spacial score (nSPS) is 12.0. The molecule has 0 bridgehead atoms. The van der Waals surface area contributed by atoms with Crippen molar-refractivity contribution in [2.75, 3.05) is 13.7 Å². The van der Waals surface area contributed by atoms with Gasteiger partial charge in [-0.15, -0.1) is 10.2 Å². The highest BCUT2D eigenvalue weighted by Crippen LogP contribution is 2.38. The molecule has 2 aromatic carbocycles. The number of hydrogen-bond acceptors (Lipinski definition) is 6. The van der Waals surface area contributed by atoms with Crippen molar-refractivity contribution in [1.82, 2.24) is 14.8 Å². The predicted octanol–water partition coefficient (Wildman–Crippen LogP) is 4.77. The van der Waals surface area contributed by atoms with E-state index in [2.05, 4.69) is 26.1 Å². The Labute approximate surface area is 175 Å². The molecule has 0 spiro atoms. The monoisotopic (exact) mass is 462 g/mol. The number of rotatable bonds is 7. The summed E-state index contributed by atoms with van der Waals surface area (Å²) in [6.07, 6.45) is 0. The fourth-order valence-corrected chi connectivity index (χ4v) is 4.56. The first kappa shape index (κ1) is 20.3. The topological polar surface area (TPSA) is 83.1 Å². The van der Waals surface area contributed by atoms with Crippen molar-refractivity contribution in [1.29, 1.82) is 0 Å². The lowest BCUT2D eigenvalue weighted by atomic mass is 10.1. The van der Waals surface area contributed by atoms with E-state index in [0.717, 1.165) is 27.1 Å². The van der Waals surface area contributed by atoms with E-state index in [0.29, 0.717) is 10.9 Å². The molecular weight excluding hydrogens is 444 g/mol. The van der Waals surface area contributed by atoms with E-state index in [9.17, 15) is 10.1 Å². The van der Waals surface area contributed by atoms with E-state index in [4.69, 9.17) is 4.74 Å². The summed E-state index contributed by atoms with van der Waals surface area (Å²) in [5, 5.41) is 19.9. The number of benzene rings is 2. The number of aryl methyl sites for hydroxylation is 2. The van der Waals surface area contributed by atoms with E-state index < -0.39 is 5.25 Å². The number of ether oxygens (including phenoxy) is 1. The van der Waals surface area contributed by atoms with Gasteiger partial charge >= 0.3 is 0 Å². The molecule has 0 radical (unpaired) electrons. The zero-order valence-electron chi connectivity index (χ0n) is 15.6. The maximum Gasteiger partial charge on any atom is 0.220 e. The molecule has 3 aromatic rings. The summed E-state index contributed by atoms with van der Waals surface area (Å²) in [5.41, 5.74) is 2.86. The average Bonchev–Trinajstić information content (AvgIpc) is 3.01. The lowest BCUT2D eigenvalue weighted by Crippen LogP contribution is -2.11. The Kier molecular flexibility index (Phi) is 6.35. The Balaban J connectivity index is 1.99. The molecule has 0 aliphatic heterocycles. The smallest absolute Gasteiger partial charge is 0.220 e. The molecule has 0 saturated heterocycles. The van der Waals surface area contributed by atoms with Crippen LogP contribution in [-0.4, -0.2) is 33.3 Å². The molecule has 28 heavy (non-hydrogen) atoms. The number of nitrogens with zero attached hydrogens (tertiary/aromatic N) is 4. The zero-order chi connectivity index (χ0) is 20.3. The van der Waals surface area contributed by atoms with Crippen LogP contribution in [0.5, 0.6) is 5.75 Å². The Bertz CT molecular complexity index is 1010. The van der Waals surface area contributed by atoms with Gasteiger partial charge in [-0.3, -0.25) is 14.7 Å².